The van der Waals surface area contributed by atoms with Crippen molar-refractivity contribution in [1.82, 2.24) is 14.9 Å². The van der Waals surface area contributed by atoms with Crippen LogP contribution in [0.4, 0.5) is 5.82 Å². The van der Waals surface area contributed by atoms with Crippen LogP contribution in [0.3, 0.4) is 0 Å². The summed E-state index contributed by atoms with van der Waals surface area (Å²) < 4.78 is 5.46. The number of aromatic carboxylic acids is 1. The summed E-state index contributed by atoms with van der Waals surface area (Å²) in [6.45, 7) is 3.38. The average Bonchev–Trinajstić information content (AvgIpc) is 3.02. The SMILES string of the molecule is Cc1oc(CN(C)C(=O)C2CCN(c3cnccn3)CC2)cc1C(=O)O. The number of anilines is 1. The second-order valence-corrected chi connectivity index (χ2v) is 6.51. The number of aryl methyl sites for hydroxylation is 1. The van der Waals surface area contributed by atoms with E-state index in [2.05, 4.69) is 14.9 Å². The molecule has 1 fully saturated rings. The molecule has 2 aromatic rings. The maximum absolute atomic E-state index is 12.7. The van der Waals surface area contributed by atoms with Crippen molar-refractivity contribution < 1.29 is 19.1 Å². The quantitative estimate of drug-likeness (QED) is 0.872. The summed E-state index contributed by atoms with van der Waals surface area (Å²) >= 11 is 0. The first kappa shape index (κ1) is 17.9. The molecule has 8 nitrogen and oxygen atoms in total. The number of hydrogen-bond donors (Lipinski definition) is 1. The number of aromatic nitrogens is 2. The number of furan rings is 1. The van der Waals surface area contributed by atoms with Crippen LogP contribution >= 0.6 is 0 Å². The predicted octanol–water partition coefficient (Wildman–Crippen LogP) is 1.95. The van der Waals surface area contributed by atoms with Crippen molar-refractivity contribution >= 4 is 17.7 Å². The van der Waals surface area contributed by atoms with Crippen molar-refractivity contribution in [3.63, 3.8) is 0 Å². The van der Waals surface area contributed by atoms with E-state index >= 15 is 0 Å². The Kier molecular flexibility index (Phi) is 5.20. The molecule has 3 heterocycles. The lowest BCUT2D eigenvalue weighted by atomic mass is 9.95. The van der Waals surface area contributed by atoms with Gasteiger partial charge in [0.15, 0.2) is 0 Å². The van der Waals surface area contributed by atoms with Gasteiger partial charge in [0.2, 0.25) is 5.91 Å². The molecule has 26 heavy (non-hydrogen) atoms. The Morgan fingerprint density at radius 1 is 1.35 bits per heavy atom. The highest BCUT2D eigenvalue weighted by Crippen LogP contribution is 2.24. The molecule has 8 heteroatoms. The molecule has 0 aliphatic carbocycles. The number of carboxylic acid groups (broad SMARTS) is 1. The van der Waals surface area contributed by atoms with Crippen LogP contribution in [0.5, 0.6) is 0 Å². The zero-order chi connectivity index (χ0) is 18.7. The second-order valence-electron chi connectivity index (χ2n) is 6.51. The fraction of sp³-hybridized carbons (Fsp3) is 0.444. The van der Waals surface area contributed by atoms with Crippen LogP contribution in [0.1, 0.15) is 34.7 Å². The van der Waals surface area contributed by atoms with Crippen LogP contribution in [0.2, 0.25) is 0 Å². The lowest BCUT2D eigenvalue weighted by Gasteiger charge is -2.33. The molecule has 0 spiro atoms. The van der Waals surface area contributed by atoms with E-state index in [0.717, 1.165) is 31.7 Å². The van der Waals surface area contributed by atoms with E-state index in [1.165, 1.54) is 6.07 Å². The number of nitrogens with zero attached hydrogens (tertiary/aromatic N) is 4. The van der Waals surface area contributed by atoms with Crippen LogP contribution in [0.25, 0.3) is 0 Å². The average molecular weight is 358 g/mol. The van der Waals surface area contributed by atoms with E-state index in [1.807, 2.05) is 0 Å². The molecule has 0 saturated carbocycles. The van der Waals surface area contributed by atoms with E-state index in [1.54, 1.807) is 37.5 Å². The lowest BCUT2D eigenvalue weighted by Crippen LogP contribution is -2.41. The van der Waals surface area contributed by atoms with Gasteiger partial charge in [-0.2, -0.15) is 0 Å². The second kappa shape index (κ2) is 7.55. The molecular formula is C18H22N4O4. The van der Waals surface area contributed by atoms with Gasteiger partial charge < -0.3 is 19.3 Å². The van der Waals surface area contributed by atoms with Crippen molar-refractivity contribution in [2.24, 2.45) is 5.92 Å². The van der Waals surface area contributed by atoms with Crippen LogP contribution in [0.15, 0.2) is 29.1 Å². The monoisotopic (exact) mass is 358 g/mol. The number of rotatable bonds is 5. The highest BCUT2D eigenvalue weighted by atomic mass is 16.4. The Morgan fingerprint density at radius 3 is 2.65 bits per heavy atom. The maximum atomic E-state index is 12.7. The lowest BCUT2D eigenvalue weighted by molar-refractivity contribution is -0.135. The van der Waals surface area contributed by atoms with Crippen molar-refractivity contribution in [2.45, 2.75) is 26.3 Å². The fourth-order valence-corrected chi connectivity index (χ4v) is 3.27. The van der Waals surface area contributed by atoms with E-state index < -0.39 is 5.97 Å². The zero-order valence-electron chi connectivity index (χ0n) is 14.9. The fourth-order valence-electron chi connectivity index (χ4n) is 3.27. The van der Waals surface area contributed by atoms with E-state index in [-0.39, 0.29) is 23.9 Å². The Morgan fingerprint density at radius 2 is 2.08 bits per heavy atom. The first-order valence-electron chi connectivity index (χ1n) is 8.54. The van der Waals surface area contributed by atoms with Gasteiger partial charge in [0.05, 0.1) is 12.7 Å². The summed E-state index contributed by atoms with van der Waals surface area (Å²) in [5, 5.41) is 9.09. The minimum absolute atomic E-state index is 0.0507. The highest BCUT2D eigenvalue weighted by molar-refractivity contribution is 5.88. The third-order valence-corrected chi connectivity index (χ3v) is 4.69. The van der Waals surface area contributed by atoms with Gasteiger partial charge in [0.1, 0.15) is 22.9 Å². The van der Waals surface area contributed by atoms with Crippen LogP contribution in [-0.4, -0.2) is 52.0 Å². The minimum atomic E-state index is -1.03. The largest absolute Gasteiger partial charge is 0.478 e. The standard InChI is InChI=1S/C18H22N4O4/c1-12-15(18(24)25)9-14(26-12)11-21(2)17(23)13-3-7-22(8-4-13)16-10-19-5-6-20-16/h5-6,9-10,13H,3-4,7-8,11H2,1-2H3,(H,24,25). The van der Waals surface area contributed by atoms with Gasteiger partial charge in [-0.05, 0) is 25.8 Å². The maximum Gasteiger partial charge on any atom is 0.339 e. The van der Waals surface area contributed by atoms with E-state index in [9.17, 15) is 9.59 Å². The van der Waals surface area contributed by atoms with Crippen LogP contribution in [-0.2, 0) is 11.3 Å². The molecule has 1 aliphatic rings. The summed E-state index contributed by atoms with van der Waals surface area (Å²) in [5.74, 6) is 0.637. The first-order valence-corrected chi connectivity index (χ1v) is 8.54. The van der Waals surface area contributed by atoms with Crippen LogP contribution in [0, 0.1) is 12.8 Å². The van der Waals surface area contributed by atoms with E-state index in [0.29, 0.717) is 11.5 Å². The molecule has 0 radical (unpaired) electrons. The molecule has 0 bridgehead atoms. The molecule has 1 amide bonds. The number of carbonyl (C=O) groups excluding carboxylic acids is 1. The molecule has 0 atom stereocenters. The van der Waals surface area contributed by atoms with Crippen LogP contribution < -0.4 is 4.90 Å². The third-order valence-electron chi connectivity index (χ3n) is 4.69. The highest BCUT2D eigenvalue weighted by Gasteiger charge is 2.28. The topological polar surface area (TPSA) is 99.8 Å². The third kappa shape index (κ3) is 3.84. The molecule has 0 unspecified atom stereocenters. The molecule has 1 saturated heterocycles. The number of carbonyl (C=O) groups is 2. The van der Waals surface area contributed by atoms with Gasteiger partial charge in [0, 0.05) is 38.4 Å². The van der Waals surface area contributed by atoms with Gasteiger partial charge in [0.25, 0.3) is 0 Å². The Labute approximate surface area is 151 Å². The number of amides is 1. The number of piperidine rings is 1. The Hall–Kier alpha value is -2.90. The smallest absolute Gasteiger partial charge is 0.339 e. The summed E-state index contributed by atoms with van der Waals surface area (Å²) in [5.41, 5.74) is 0.137. The van der Waals surface area contributed by atoms with Crippen molar-refractivity contribution in [3.05, 3.63) is 41.7 Å². The number of carboxylic acids is 1. The van der Waals surface area contributed by atoms with Gasteiger partial charge in [-0.1, -0.05) is 0 Å². The molecule has 0 aromatic carbocycles. The van der Waals surface area contributed by atoms with Gasteiger partial charge >= 0.3 is 5.97 Å². The van der Waals surface area contributed by atoms with E-state index in [4.69, 9.17) is 9.52 Å². The summed E-state index contributed by atoms with van der Waals surface area (Å²) in [7, 11) is 1.72. The van der Waals surface area contributed by atoms with Gasteiger partial charge in [-0.25, -0.2) is 9.78 Å². The molecule has 138 valence electrons. The Bertz CT molecular complexity index is 782. The molecule has 1 aliphatic heterocycles. The summed E-state index contributed by atoms with van der Waals surface area (Å²) in [4.78, 5) is 35.9. The summed E-state index contributed by atoms with van der Waals surface area (Å²) in [6, 6.07) is 1.48. The predicted molar refractivity (Wildman–Crippen MR) is 93.8 cm³/mol. The number of hydrogen-bond acceptors (Lipinski definition) is 6. The zero-order valence-corrected chi connectivity index (χ0v) is 14.9. The Balaban J connectivity index is 1.56. The normalized spacial score (nSPS) is 15.1. The molecule has 3 rings (SSSR count). The molecular weight excluding hydrogens is 336 g/mol. The molecule has 1 N–H and O–H groups in total. The van der Waals surface area contributed by atoms with Crippen molar-refractivity contribution in [1.29, 1.82) is 0 Å². The minimum Gasteiger partial charge on any atom is -0.478 e. The summed E-state index contributed by atoms with van der Waals surface area (Å²) in [6.07, 6.45) is 6.53. The van der Waals surface area contributed by atoms with Crippen molar-refractivity contribution in [2.75, 3.05) is 25.0 Å². The first-order chi connectivity index (χ1) is 12.5. The van der Waals surface area contributed by atoms with Crippen molar-refractivity contribution in [3.8, 4) is 0 Å². The van der Waals surface area contributed by atoms with Gasteiger partial charge in [-0.15, -0.1) is 0 Å². The van der Waals surface area contributed by atoms with Gasteiger partial charge in [-0.3, -0.25) is 9.78 Å². The molecule has 2 aromatic heterocycles.